The molecule has 0 fully saturated rings. The van der Waals surface area contributed by atoms with Crippen LogP contribution in [0.4, 0.5) is 5.69 Å². The van der Waals surface area contributed by atoms with Gasteiger partial charge in [-0.1, -0.05) is 12.2 Å². The molecule has 12 heavy (non-hydrogen) atoms. The molecule has 0 aliphatic rings. The van der Waals surface area contributed by atoms with Gasteiger partial charge < -0.3 is 10.6 Å². The van der Waals surface area contributed by atoms with Crippen LogP contribution in [0.15, 0.2) is 24.3 Å². The fourth-order valence-electron chi connectivity index (χ4n) is 0.884. The molecule has 0 amide bonds. The first-order chi connectivity index (χ1) is 5.61. The monoisotopic (exact) mass is 180 g/mol. The zero-order valence-electron chi connectivity index (χ0n) is 7.24. The van der Waals surface area contributed by atoms with Crippen LogP contribution < -0.4 is 5.73 Å². The summed E-state index contributed by atoms with van der Waals surface area (Å²) in [5.74, 6) is 0. The Labute approximate surface area is 78.0 Å². The first kappa shape index (κ1) is 9.00. The van der Waals surface area contributed by atoms with E-state index in [2.05, 4.69) is 0 Å². The van der Waals surface area contributed by atoms with Crippen molar-refractivity contribution >= 4 is 22.9 Å². The van der Waals surface area contributed by atoms with Crippen molar-refractivity contribution in [3.05, 3.63) is 29.8 Å². The fourth-order valence-corrected chi connectivity index (χ4v) is 1.02. The maximum atomic E-state index is 5.55. The third-order valence-electron chi connectivity index (χ3n) is 1.56. The van der Waals surface area contributed by atoms with Gasteiger partial charge in [0.25, 0.3) is 0 Å². The Morgan fingerprint density at radius 2 is 1.75 bits per heavy atom. The van der Waals surface area contributed by atoms with Crippen molar-refractivity contribution < 1.29 is 0 Å². The quantitative estimate of drug-likeness (QED) is 0.524. The molecule has 0 aliphatic heterocycles. The number of rotatable bonds is 1. The van der Waals surface area contributed by atoms with Crippen LogP contribution in [0, 0.1) is 0 Å². The van der Waals surface area contributed by atoms with E-state index in [9.17, 15) is 0 Å². The van der Waals surface area contributed by atoms with E-state index in [-0.39, 0.29) is 0 Å². The number of benzene rings is 1. The van der Waals surface area contributed by atoms with Gasteiger partial charge in [0, 0.05) is 25.3 Å². The highest BCUT2D eigenvalue weighted by Crippen LogP contribution is 2.07. The molecule has 0 aliphatic carbocycles. The van der Waals surface area contributed by atoms with Gasteiger partial charge in [-0.05, 0) is 24.3 Å². The Balaban J connectivity index is 2.90. The lowest BCUT2D eigenvalue weighted by Gasteiger charge is -2.13. The van der Waals surface area contributed by atoms with Crippen molar-refractivity contribution in [1.82, 2.24) is 4.90 Å². The van der Waals surface area contributed by atoms with Crippen LogP contribution in [-0.4, -0.2) is 24.0 Å². The van der Waals surface area contributed by atoms with Gasteiger partial charge in [0.2, 0.25) is 0 Å². The van der Waals surface area contributed by atoms with Gasteiger partial charge in [0.15, 0.2) is 0 Å². The Hall–Kier alpha value is -1.09. The first-order valence-corrected chi connectivity index (χ1v) is 4.09. The summed E-state index contributed by atoms with van der Waals surface area (Å²) < 4.78 is 0. The van der Waals surface area contributed by atoms with Gasteiger partial charge in [0.05, 0.1) is 0 Å². The lowest BCUT2D eigenvalue weighted by Crippen LogP contribution is -2.20. The third-order valence-corrected chi connectivity index (χ3v) is 2.16. The van der Waals surface area contributed by atoms with E-state index in [0.717, 1.165) is 16.2 Å². The van der Waals surface area contributed by atoms with E-state index < -0.39 is 0 Å². The predicted octanol–water partition coefficient (Wildman–Crippen LogP) is 1.51. The van der Waals surface area contributed by atoms with Crippen LogP contribution >= 0.6 is 12.2 Å². The second-order valence-electron chi connectivity index (χ2n) is 2.82. The number of nitrogens with zero attached hydrogens (tertiary/aromatic N) is 1. The Morgan fingerprint density at radius 3 is 2.17 bits per heavy atom. The highest BCUT2D eigenvalue weighted by molar-refractivity contribution is 7.80. The largest absolute Gasteiger partial charge is 0.399 e. The van der Waals surface area contributed by atoms with E-state index >= 15 is 0 Å². The molecule has 1 aromatic rings. The molecule has 0 aromatic heterocycles. The van der Waals surface area contributed by atoms with E-state index in [4.69, 9.17) is 18.0 Å². The van der Waals surface area contributed by atoms with Gasteiger partial charge in [-0.15, -0.1) is 0 Å². The van der Waals surface area contributed by atoms with E-state index in [1.54, 1.807) is 0 Å². The number of thiocarbonyl (C=S) groups is 1. The number of anilines is 1. The molecule has 2 N–H and O–H groups in total. The first-order valence-electron chi connectivity index (χ1n) is 3.68. The maximum absolute atomic E-state index is 5.55. The number of nitrogens with two attached hydrogens (primary N) is 1. The third kappa shape index (κ3) is 1.95. The Bertz CT molecular complexity index is 277. The summed E-state index contributed by atoms with van der Waals surface area (Å²) >= 11 is 5.17. The van der Waals surface area contributed by atoms with Crippen LogP contribution in [0.1, 0.15) is 5.56 Å². The van der Waals surface area contributed by atoms with Crippen molar-refractivity contribution in [2.24, 2.45) is 0 Å². The van der Waals surface area contributed by atoms with Crippen molar-refractivity contribution in [2.45, 2.75) is 0 Å². The number of hydrogen-bond acceptors (Lipinski definition) is 2. The van der Waals surface area contributed by atoms with Crippen LogP contribution in [0.25, 0.3) is 0 Å². The number of hydrogen-bond donors (Lipinski definition) is 1. The normalized spacial score (nSPS) is 9.50. The summed E-state index contributed by atoms with van der Waals surface area (Å²) in [7, 11) is 3.86. The highest BCUT2D eigenvalue weighted by atomic mass is 32.1. The molecule has 1 rings (SSSR count). The van der Waals surface area contributed by atoms with Crippen LogP contribution in [0.3, 0.4) is 0 Å². The minimum atomic E-state index is 0.764. The topological polar surface area (TPSA) is 29.3 Å². The summed E-state index contributed by atoms with van der Waals surface area (Å²) in [5.41, 5.74) is 7.34. The Kier molecular flexibility index (Phi) is 2.65. The summed E-state index contributed by atoms with van der Waals surface area (Å²) in [4.78, 5) is 2.73. The van der Waals surface area contributed by atoms with E-state index in [1.807, 2.05) is 43.3 Å². The number of nitrogen functional groups attached to an aromatic ring is 1. The smallest absolute Gasteiger partial charge is 0.108 e. The van der Waals surface area contributed by atoms with Gasteiger partial charge >= 0.3 is 0 Å². The summed E-state index contributed by atoms with van der Waals surface area (Å²) in [6, 6.07) is 7.56. The molecule has 0 saturated carbocycles. The molecule has 64 valence electrons. The van der Waals surface area contributed by atoms with Gasteiger partial charge in [-0.2, -0.15) is 0 Å². The zero-order valence-corrected chi connectivity index (χ0v) is 8.06. The molecule has 1 aromatic carbocycles. The molecule has 0 heterocycles. The minimum absolute atomic E-state index is 0.764. The SMILES string of the molecule is CN(C)C(=S)c1ccc(N)cc1. The van der Waals surface area contributed by atoms with E-state index in [0.29, 0.717) is 0 Å². The molecule has 0 unspecified atom stereocenters. The van der Waals surface area contributed by atoms with Crippen molar-refractivity contribution in [3.63, 3.8) is 0 Å². The van der Waals surface area contributed by atoms with Crippen molar-refractivity contribution in [2.75, 3.05) is 19.8 Å². The second kappa shape index (κ2) is 3.54. The molecule has 0 spiro atoms. The summed E-state index contributed by atoms with van der Waals surface area (Å²) in [6.07, 6.45) is 0. The lowest BCUT2D eigenvalue weighted by molar-refractivity contribution is 0.636. The van der Waals surface area contributed by atoms with Gasteiger partial charge in [0.1, 0.15) is 4.99 Å². The average molecular weight is 180 g/mol. The fraction of sp³-hybridized carbons (Fsp3) is 0.222. The molecule has 2 nitrogen and oxygen atoms in total. The second-order valence-corrected chi connectivity index (χ2v) is 3.21. The molecule has 0 atom stereocenters. The summed E-state index contributed by atoms with van der Waals surface area (Å²) in [5, 5.41) is 0. The highest BCUT2D eigenvalue weighted by Gasteiger charge is 2.01. The Morgan fingerprint density at radius 1 is 1.25 bits per heavy atom. The molecular formula is C9H12N2S. The molecular weight excluding hydrogens is 168 g/mol. The van der Waals surface area contributed by atoms with Crippen molar-refractivity contribution in [3.8, 4) is 0 Å². The molecule has 3 heteroatoms. The summed E-state index contributed by atoms with van der Waals surface area (Å²) in [6.45, 7) is 0. The van der Waals surface area contributed by atoms with Crippen molar-refractivity contribution in [1.29, 1.82) is 0 Å². The maximum Gasteiger partial charge on any atom is 0.108 e. The molecule has 0 saturated heterocycles. The standard InChI is InChI=1S/C9H12N2S/c1-11(2)9(12)7-3-5-8(10)6-4-7/h3-6H,10H2,1-2H3. The average Bonchev–Trinajstić information content (AvgIpc) is 2.04. The van der Waals surface area contributed by atoms with Crippen LogP contribution in [0.5, 0.6) is 0 Å². The van der Waals surface area contributed by atoms with Crippen LogP contribution in [0.2, 0.25) is 0 Å². The molecule has 0 bridgehead atoms. The minimum Gasteiger partial charge on any atom is -0.399 e. The van der Waals surface area contributed by atoms with Crippen LogP contribution in [-0.2, 0) is 0 Å². The lowest BCUT2D eigenvalue weighted by atomic mass is 10.2. The zero-order chi connectivity index (χ0) is 9.14. The predicted molar refractivity (Wildman–Crippen MR) is 56.2 cm³/mol. The van der Waals surface area contributed by atoms with Gasteiger partial charge in [-0.25, -0.2) is 0 Å². The van der Waals surface area contributed by atoms with E-state index in [1.165, 1.54) is 0 Å². The molecule has 0 radical (unpaired) electrons. The van der Waals surface area contributed by atoms with Gasteiger partial charge in [-0.3, -0.25) is 0 Å².